The van der Waals surface area contributed by atoms with Gasteiger partial charge in [0, 0.05) is 19.7 Å². The van der Waals surface area contributed by atoms with Gasteiger partial charge in [0.25, 0.3) is 5.79 Å². The molecule has 1 N–H and O–H groups in total. The Morgan fingerprint density at radius 2 is 2.19 bits per heavy atom. The van der Waals surface area contributed by atoms with E-state index >= 15 is 0 Å². The fourth-order valence-corrected chi connectivity index (χ4v) is 1.93. The van der Waals surface area contributed by atoms with E-state index in [1.165, 1.54) is 14.0 Å². The molecule has 0 aromatic carbocycles. The second-order valence-corrected chi connectivity index (χ2v) is 5.15. The summed E-state index contributed by atoms with van der Waals surface area (Å²) < 4.78 is 15.8. The zero-order chi connectivity index (χ0) is 15.9. The Labute approximate surface area is 124 Å². The van der Waals surface area contributed by atoms with Crippen molar-refractivity contribution in [2.24, 2.45) is 0 Å². The number of methoxy groups -OCH3 is 1. The summed E-state index contributed by atoms with van der Waals surface area (Å²) in [6.45, 7) is 3.85. The number of carbonyl (C=O) groups excluding carboxylic acids is 2. The zero-order valence-electron chi connectivity index (χ0n) is 12.8. The topological polar surface area (TPSA) is 85.3 Å². The molecule has 0 fully saturated rings. The van der Waals surface area contributed by atoms with Gasteiger partial charge in [-0.25, -0.2) is 0 Å². The molecule has 0 unspecified atom stereocenters. The molecule has 0 radical (unpaired) electrons. The van der Waals surface area contributed by atoms with E-state index in [1.807, 2.05) is 13.1 Å². The number of nitrogens with zero attached hydrogens (tertiary/aromatic N) is 1. The maximum atomic E-state index is 11.8. The molecule has 21 heavy (non-hydrogen) atoms. The second kappa shape index (κ2) is 8.11. The van der Waals surface area contributed by atoms with Gasteiger partial charge >= 0.3 is 5.97 Å². The number of aliphatic hydroxyl groups is 1. The van der Waals surface area contributed by atoms with E-state index in [-0.39, 0.29) is 25.2 Å². The lowest BCUT2D eigenvalue weighted by atomic mass is 10.2. The number of Topliss-reactive ketones (excluding diaryl/α,β-unsaturated/α-hetero) is 1. The lowest BCUT2D eigenvalue weighted by molar-refractivity contribution is -0.243. The summed E-state index contributed by atoms with van der Waals surface area (Å²) in [4.78, 5) is 24.4. The highest BCUT2D eigenvalue weighted by atomic mass is 16.7. The van der Waals surface area contributed by atoms with E-state index in [9.17, 15) is 14.7 Å². The number of carbonyl (C=O) groups is 2. The minimum absolute atomic E-state index is 0.0359. The summed E-state index contributed by atoms with van der Waals surface area (Å²) in [7, 11) is 1.36. The molecule has 0 saturated heterocycles. The van der Waals surface area contributed by atoms with Crippen molar-refractivity contribution in [3.8, 4) is 0 Å². The van der Waals surface area contributed by atoms with Crippen LogP contribution in [0.25, 0.3) is 0 Å². The maximum Gasteiger partial charge on any atom is 0.308 e. The molecule has 7 nitrogen and oxygen atoms in total. The van der Waals surface area contributed by atoms with Crippen molar-refractivity contribution in [1.82, 2.24) is 4.90 Å². The van der Waals surface area contributed by atoms with Gasteiger partial charge in [0.05, 0.1) is 19.6 Å². The first-order valence-electron chi connectivity index (χ1n) is 6.77. The van der Waals surface area contributed by atoms with Crippen LogP contribution in [0.4, 0.5) is 0 Å². The van der Waals surface area contributed by atoms with Crippen molar-refractivity contribution in [2.45, 2.75) is 32.5 Å². The predicted molar refractivity (Wildman–Crippen MR) is 74.1 cm³/mol. The standard InChI is InChI=1S/C14H23NO6/c1-11-6-15(10-20-7-11)8-14(9-16,19-3)21-13(18)5-4-12(2)17/h6,16H,4-5,7-10H2,1-3H3/t14-/m1/s1. The normalized spacial score (nSPS) is 17.9. The van der Waals surface area contributed by atoms with Crippen molar-refractivity contribution in [2.75, 3.05) is 33.6 Å². The number of ether oxygens (including phenoxy) is 3. The molecular weight excluding hydrogens is 278 g/mol. The lowest BCUT2D eigenvalue weighted by Crippen LogP contribution is -2.50. The van der Waals surface area contributed by atoms with Crippen molar-refractivity contribution in [3.63, 3.8) is 0 Å². The molecule has 0 amide bonds. The van der Waals surface area contributed by atoms with E-state index < -0.39 is 18.4 Å². The van der Waals surface area contributed by atoms with Crippen LogP contribution in [0.2, 0.25) is 0 Å². The third-order valence-corrected chi connectivity index (χ3v) is 3.03. The van der Waals surface area contributed by atoms with Gasteiger partial charge in [-0.15, -0.1) is 0 Å². The van der Waals surface area contributed by atoms with E-state index in [4.69, 9.17) is 14.2 Å². The highest BCUT2D eigenvalue weighted by Gasteiger charge is 2.36. The molecule has 0 aromatic heterocycles. The van der Waals surface area contributed by atoms with Crippen molar-refractivity contribution < 1.29 is 28.9 Å². The Morgan fingerprint density at radius 3 is 2.71 bits per heavy atom. The molecule has 0 bridgehead atoms. The highest BCUT2D eigenvalue weighted by molar-refractivity contribution is 5.81. The van der Waals surface area contributed by atoms with Crippen LogP contribution < -0.4 is 0 Å². The Kier molecular flexibility index (Phi) is 6.80. The van der Waals surface area contributed by atoms with Gasteiger partial charge in [-0.3, -0.25) is 4.79 Å². The summed E-state index contributed by atoms with van der Waals surface area (Å²) in [5, 5.41) is 9.54. The molecule has 0 aliphatic carbocycles. The SMILES string of the molecule is CO[C@](CO)(CN1C=C(C)COC1)OC(=O)CCC(C)=O. The van der Waals surface area contributed by atoms with Crippen molar-refractivity contribution >= 4 is 11.8 Å². The van der Waals surface area contributed by atoms with Crippen LogP contribution >= 0.6 is 0 Å². The Hall–Kier alpha value is -1.44. The van der Waals surface area contributed by atoms with Crippen molar-refractivity contribution in [1.29, 1.82) is 0 Å². The van der Waals surface area contributed by atoms with E-state index in [0.717, 1.165) is 5.57 Å². The minimum atomic E-state index is -1.47. The highest BCUT2D eigenvalue weighted by Crippen LogP contribution is 2.18. The van der Waals surface area contributed by atoms with Crippen LogP contribution in [0.3, 0.4) is 0 Å². The molecule has 0 aromatic rings. The first-order chi connectivity index (χ1) is 9.90. The first kappa shape index (κ1) is 17.6. The molecule has 0 spiro atoms. The monoisotopic (exact) mass is 301 g/mol. The van der Waals surface area contributed by atoms with Gasteiger partial charge in [0.1, 0.15) is 19.1 Å². The fourth-order valence-electron chi connectivity index (χ4n) is 1.93. The number of ketones is 1. The van der Waals surface area contributed by atoms with Crippen molar-refractivity contribution in [3.05, 3.63) is 11.8 Å². The molecule has 1 heterocycles. The van der Waals surface area contributed by atoms with Gasteiger partial charge < -0.3 is 29.0 Å². The van der Waals surface area contributed by atoms with Gasteiger partial charge in [-0.05, 0) is 19.4 Å². The summed E-state index contributed by atoms with van der Waals surface area (Å²) in [5.41, 5.74) is 1.02. The van der Waals surface area contributed by atoms with Gasteiger partial charge in [-0.2, -0.15) is 0 Å². The van der Waals surface area contributed by atoms with E-state index in [2.05, 4.69) is 0 Å². The first-order valence-corrected chi connectivity index (χ1v) is 6.77. The summed E-state index contributed by atoms with van der Waals surface area (Å²) >= 11 is 0. The molecule has 1 aliphatic rings. The van der Waals surface area contributed by atoms with Crippen LogP contribution in [0.15, 0.2) is 11.8 Å². The average molecular weight is 301 g/mol. The quantitative estimate of drug-likeness (QED) is 0.514. The molecule has 7 heteroatoms. The molecule has 1 atom stereocenters. The molecular formula is C14H23NO6. The van der Waals surface area contributed by atoms with Crippen LogP contribution in [0.1, 0.15) is 26.7 Å². The number of hydrogen-bond donors (Lipinski definition) is 1. The number of rotatable bonds is 8. The van der Waals surface area contributed by atoms with Crippen LogP contribution in [-0.4, -0.2) is 61.1 Å². The maximum absolute atomic E-state index is 11.8. The van der Waals surface area contributed by atoms with Gasteiger partial charge in [0.2, 0.25) is 0 Å². The Bertz CT molecular complexity index is 402. The lowest BCUT2D eigenvalue weighted by Gasteiger charge is -2.36. The fraction of sp³-hybridized carbons (Fsp3) is 0.714. The smallest absolute Gasteiger partial charge is 0.308 e. The molecule has 1 aliphatic heterocycles. The molecule has 1 rings (SSSR count). The average Bonchev–Trinajstić information content (AvgIpc) is 2.44. The Morgan fingerprint density at radius 1 is 1.48 bits per heavy atom. The van der Waals surface area contributed by atoms with Crippen LogP contribution in [0, 0.1) is 0 Å². The summed E-state index contributed by atoms with van der Waals surface area (Å²) in [6, 6.07) is 0. The third kappa shape index (κ3) is 5.82. The van der Waals surface area contributed by atoms with Gasteiger partial charge in [0.15, 0.2) is 0 Å². The zero-order valence-corrected chi connectivity index (χ0v) is 12.8. The number of aliphatic hydroxyl groups excluding tert-OH is 1. The number of esters is 1. The van der Waals surface area contributed by atoms with Crippen LogP contribution in [-0.2, 0) is 23.8 Å². The van der Waals surface area contributed by atoms with Gasteiger partial charge in [-0.1, -0.05) is 0 Å². The summed E-state index contributed by atoms with van der Waals surface area (Å²) in [5.74, 6) is -2.15. The predicted octanol–water partition coefficient (Wildman–Crippen LogP) is 0.427. The van der Waals surface area contributed by atoms with Crippen LogP contribution in [0.5, 0.6) is 0 Å². The number of hydrogen-bond acceptors (Lipinski definition) is 7. The largest absolute Gasteiger partial charge is 0.428 e. The molecule has 0 saturated carbocycles. The summed E-state index contributed by atoms with van der Waals surface area (Å²) in [6.07, 6.45) is 1.94. The molecule has 120 valence electrons. The Balaban J connectivity index is 2.66. The van der Waals surface area contributed by atoms with E-state index in [0.29, 0.717) is 13.3 Å². The second-order valence-electron chi connectivity index (χ2n) is 5.15. The van der Waals surface area contributed by atoms with E-state index in [1.54, 1.807) is 4.90 Å². The third-order valence-electron chi connectivity index (χ3n) is 3.03. The minimum Gasteiger partial charge on any atom is -0.428 e.